The van der Waals surface area contributed by atoms with Gasteiger partial charge in [0.25, 0.3) is 0 Å². The molecule has 0 amide bonds. The van der Waals surface area contributed by atoms with Gasteiger partial charge in [-0.1, -0.05) is 80.6 Å². The third kappa shape index (κ3) is 4.62. The van der Waals surface area contributed by atoms with E-state index >= 15 is 0 Å². The van der Waals surface area contributed by atoms with Gasteiger partial charge in [-0.3, -0.25) is 4.79 Å². The average molecular weight is 459 g/mol. The molecule has 0 spiro atoms. The molecule has 0 unspecified atom stereocenters. The summed E-state index contributed by atoms with van der Waals surface area (Å²) in [6, 6.07) is 9.39. The Morgan fingerprint density at radius 3 is 2.61 bits per heavy atom. The summed E-state index contributed by atoms with van der Waals surface area (Å²) in [5.74, 6) is 1.28. The van der Waals surface area contributed by atoms with Crippen LogP contribution in [0.2, 0.25) is 0 Å². The van der Waals surface area contributed by atoms with Crippen LogP contribution in [0.5, 0.6) is 0 Å². The molecule has 0 aliphatic heterocycles. The fourth-order valence-electron chi connectivity index (χ4n) is 6.47. The van der Waals surface area contributed by atoms with Crippen LogP contribution in [0.4, 0.5) is 0 Å². The minimum absolute atomic E-state index is 0.109. The third-order valence-electron chi connectivity index (χ3n) is 8.01. The minimum atomic E-state index is -0.680. The number of hydrogen-bond acceptors (Lipinski definition) is 6. The number of nitrogens with zero attached hydrogens (tertiary/aromatic N) is 2. The number of carbonyl (C=O) groups is 1. The number of aliphatic hydroxyl groups is 1. The predicted molar refractivity (Wildman–Crippen MR) is 128 cm³/mol. The zero-order valence-corrected chi connectivity index (χ0v) is 20.7. The molecule has 168 valence electrons. The highest BCUT2D eigenvalue weighted by atomic mass is 32.2. The van der Waals surface area contributed by atoms with Gasteiger partial charge in [-0.25, -0.2) is 0 Å². The van der Waals surface area contributed by atoms with Crippen LogP contribution in [0, 0.1) is 22.7 Å². The largest absolute Gasteiger partial charge is 0.390 e. The number of thioether (sulfide) groups is 1. The van der Waals surface area contributed by atoms with Crippen LogP contribution in [0.25, 0.3) is 0 Å². The van der Waals surface area contributed by atoms with E-state index in [1.165, 1.54) is 31.0 Å². The lowest BCUT2D eigenvalue weighted by Gasteiger charge is -2.61. The van der Waals surface area contributed by atoms with Crippen molar-refractivity contribution < 1.29 is 9.90 Å². The third-order valence-corrected chi connectivity index (χ3v) is 10.1. The summed E-state index contributed by atoms with van der Waals surface area (Å²) in [6.07, 6.45) is 6.40. The Bertz CT molecular complexity index is 925. The molecule has 1 aromatic heterocycles. The molecular formula is C25H34N2O2S2. The maximum Gasteiger partial charge on any atom is 0.174 e. The van der Waals surface area contributed by atoms with Crippen LogP contribution in [-0.2, 0) is 6.42 Å². The zero-order chi connectivity index (χ0) is 22.3. The molecule has 6 heteroatoms. The molecule has 4 rings (SSSR count). The van der Waals surface area contributed by atoms with Gasteiger partial charge in [0.2, 0.25) is 0 Å². The van der Waals surface area contributed by atoms with Gasteiger partial charge in [0.1, 0.15) is 5.01 Å². The van der Waals surface area contributed by atoms with E-state index in [2.05, 4.69) is 31.0 Å². The van der Waals surface area contributed by atoms with E-state index in [0.717, 1.165) is 34.2 Å². The molecule has 1 aromatic carbocycles. The second-order valence-electron chi connectivity index (χ2n) is 10.6. The van der Waals surface area contributed by atoms with Gasteiger partial charge in [-0.15, -0.1) is 10.2 Å². The number of benzene rings is 1. The first-order valence-corrected chi connectivity index (χ1v) is 13.2. The van der Waals surface area contributed by atoms with Crippen LogP contribution < -0.4 is 0 Å². The molecule has 2 aliphatic rings. The van der Waals surface area contributed by atoms with E-state index in [-0.39, 0.29) is 17.1 Å². The number of aromatic nitrogens is 2. The zero-order valence-electron chi connectivity index (χ0n) is 19.1. The number of ketones is 1. The summed E-state index contributed by atoms with van der Waals surface area (Å²) in [7, 11) is 0. The summed E-state index contributed by atoms with van der Waals surface area (Å²) in [5, 5.41) is 21.2. The number of carbonyl (C=O) groups excluding carboxylic acids is 1. The van der Waals surface area contributed by atoms with Gasteiger partial charge in [-0.2, -0.15) is 0 Å². The quantitative estimate of drug-likeness (QED) is 0.422. The maximum absolute atomic E-state index is 12.4. The van der Waals surface area contributed by atoms with Crippen molar-refractivity contribution in [1.29, 1.82) is 0 Å². The van der Waals surface area contributed by atoms with Crippen molar-refractivity contribution in [3.63, 3.8) is 0 Å². The molecule has 2 saturated carbocycles. The van der Waals surface area contributed by atoms with Gasteiger partial charge >= 0.3 is 0 Å². The lowest BCUT2D eigenvalue weighted by atomic mass is 9.45. The number of Topliss-reactive ketones (excluding diaryl/α,β-unsaturated/α-hetero) is 1. The van der Waals surface area contributed by atoms with Gasteiger partial charge in [0.15, 0.2) is 10.1 Å². The summed E-state index contributed by atoms with van der Waals surface area (Å²) in [5.41, 5.74) is 0.492. The molecule has 4 nitrogen and oxygen atoms in total. The van der Waals surface area contributed by atoms with Crippen molar-refractivity contribution in [1.82, 2.24) is 10.2 Å². The van der Waals surface area contributed by atoms with Crippen molar-refractivity contribution >= 4 is 28.9 Å². The van der Waals surface area contributed by atoms with Crippen molar-refractivity contribution in [3.8, 4) is 0 Å². The van der Waals surface area contributed by atoms with E-state index in [1.807, 2.05) is 37.3 Å². The molecular weight excluding hydrogens is 424 g/mol. The fraction of sp³-hybridized carbons (Fsp3) is 0.640. The number of rotatable bonds is 6. The van der Waals surface area contributed by atoms with Gasteiger partial charge < -0.3 is 5.11 Å². The van der Waals surface area contributed by atoms with Crippen molar-refractivity contribution in [2.24, 2.45) is 22.7 Å². The van der Waals surface area contributed by atoms with Crippen molar-refractivity contribution in [2.75, 3.05) is 5.75 Å². The second kappa shape index (κ2) is 8.60. The highest BCUT2D eigenvalue weighted by Crippen LogP contribution is 2.62. The Hall–Kier alpha value is -1.24. The Morgan fingerprint density at radius 2 is 1.87 bits per heavy atom. The van der Waals surface area contributed by atoms with E-state index in [0.29, 0.717) is 17.1 Å². The maximum atomic E-state index is 12.4. The summed E-state index contributed by atoms with van der Waals surface area (Å²) < 4.78 is 0.834. The first-order chi connectivity index (χ1) is 14.6. The van der Waals surface area contributed by atoms with E-state index in [4.69, 9.17) is 0 Å². The standard InChI is InChI=1S/C25H34N2O2S2/c1-23(2)12-8-13-24(3)19(23)11-14-25(4,29)20(24)15-21-26-27-22(31-21)30-16-18(28)17-9-6-5-7-10-17/h5-7,9-10,19-20,29H,8,11-16H2,1-4H3/t19-,20+,24-,25+/m0/s1. The Kier molecular flexibility index (Phi) is 6.36. The van der Waals surface area contributed by atoms with Crippen LogP contribution in [0.1, 0.15) is 75.2 Å². The monoisotopic (exact) mass is 458 g/mol. The molecule has 0 saturated heterocycles. The van der Waals surface area contributed by atoms with E-state index in [9.17, 15) is 9.90 Å². The Balaban J connectivity index is 1.47. The summed E-state index contributed by atoms with van der Waals surface area (Å²) in [6.45, 7) is 9.26. The average Bonchev–Trinajstić information content (AvgIpc) is 3.16. The van der Waals surface area contributed by atoms with E-state index in [1.54, 1.807) is 11.3 Å². The SMILES string of the molecule is CC1(C)CCC[C@]2(C)[C@@H](Cc3nnc(SCC(=O)c4ccccc4)s3)[C@](C)(O)CC[C@@H]12. The second-order valence-corrected chi connectivity index (χ2v) is 12.9. The molecule has 0 bridgehead atoms. The Morgan fingerprint density at radius 1 is 1.13 bits per heavy atom. The summed E-state index contributed by atoms with van der Waals surface area (Å²) in [4.78, 5) is 12.4. The molecule has 4 atom stereocenters. The fourth-order valence-corrected chi connectivity index (χ4v) is 8.30. The minimum Gasteiger partial charge on any atom is -0.390 e. The molecule has 1 heterocycles. The van der Waals surface area contributed by atoms with Crippen molar-refractivity contribution in [2.45, 2.75) is 76.2 Å². The van der Waals surface area contributed by atoms with Crippen LogP contribution in [0.15, 0.2) is 34.7 Å². The van der Waals surface area contributed by atoms with Crippen LogP contribution in [0.3, 0.4) is 0 Å². The molecule has 2 aliphatic carbocycles. The highest BCUT2D eigenvalue weighted by Gasteiger charge is 2.57. The molecule has 31 heavy (non-hydrogen) atoms. The van der Waals surface area contributed by atoms with Crippen molar-refractivity contribution in [3.05, 3.63) is 40.9 Å². The van der Waals surface area contributed by atoms with Gasteiger partial charge in [0.05, 0.1) is 11.4 Å². The number of fused-ring (bicyclic) bond motifs is 1. The predicted octanol–water partition coefficient (Wildman–Crippen LogP) is 6.05. The topological polar surface area (TPSA) is 63.1 Å². The van der Waals surface area contributed by atoms with Gasteiger partial charge in [0, 0.05) is 12.0 Å². The first-order valence-electron chi connectivity index (χ1n) is 11.4. The number of hydrogen-bond donors (Lipinski definition) is 1. The van der Waals surface area contributed by atoms with Crippen LogP contribution >= 0.6 is 23.1 Å². The Labute approximate surface area is 194 Å². The molecule has 2 fully saturated rings. The molecule has 2 aromatic rings. The van der Waals surface area contributed by atoms with Gasteiger partial charge in [-0.05, 0) is 55.3 Å². The molecule has 1 N–H and O–H groups in total. The highest BCUT2D eigenvalue weighted by molar-refractivity contribution is 8.01. The molecule has 0 radical (unpaired) electrons. The lowest BCUT2D eigenvalue weighted by Crippen LogP contribution is -2.58. The lowest BCUT2D eigenvalue weighted by molar-refractivity contribution is -0.166. The van der Waals surface area contributed by atoms with Crippen LogP contribution in [-0.4, -0.2) is 32.4 Å². The normalized spacial score (nSPS) is 32.4. The van der Waals surface area contributed by atoms with E-state index < -0.39 is 5.60 Å². The smallest absolute Gasteiger partial charge is 0.174 e. The summed E-state index contributed by atoms with van der Waals surface area (Å²) >= 11 is 3.04. The first kappa shape index (κ1) is 22.9.